The summed E-state index contributed by atoms with van der Waals surface area (Å²) in [6, 6.07) is 10.6. The predicted molar refractivity (Wildman–Crippen MR) is 105 cm³/mol. The first-order valence-corrected chi connectivity index (χ1v) is 8.71. The number of halogens is 1. The van der Waals surface area contributed by atoms with Gasteiger partial charge in [0.25, 0.3) is 5.91 Å². The van der Waals surface area contributed by atoms with Crippen LogP contribution in [0.4, 0.5) is 5.69 Å². The van der Waals surface area contributed by atoms with Crippen molar-refractivity contribution in [2.75, 3.05) is 5.32 Å². The van der Waals surface area contributed by atoms with Gasteiger partial charge in [-0.15, -0.1) is 0 Å². The second-order valence-corrected chi connectivity index (χ2v) is 8.85. The van der Waals surface area contributed by atoms with Crippen molar-refractivity contribution in [1.82, 2.24) is 0 Å². The van der Waals surface area contributed by atoms with Gasteiger partial charge in [-0.05, 0) is 52.3 Å². The second kappa shape index (κ2) is 6.72. The quantitative estimate of drug-likeness (QED) is 0.702. The lowest BCUT2D eigenvalue weighted by atomic mass is 9.80. The first-order valence-electron chi connectivity index (χ1n) is 8.34. The van der Waals surface area contributed by atoms with Crippen molar-refractivity contribution >= 4 is 23.2 Å². The molecule has 0 saturated heterocycles. The Bertz CT molecular complexity index is 766. The molecule has 0 aliphatic rings. The van der Waals surface area contributed by atoms with Crippen LogP contribution in [0.2, 0.25) is 5.02 Å². The van der Waals surface area contributed by atoms with Crippen molar-refractivity contribution in [3.63, 3.8) is 0 Å². The van der Waals surface area contributed by atoms with Gasteiger partial charge in [-0.2, -0.15) is 0 Å². The number of rotatable bonds is 2. The van der Waals surface area contributed by atoms with Crippen LogP contribution in [0.1, 0.15) is 63.0 Å². The van der Waals surface area contributed by atoms with Crippen LogP contribution in [0.15, 0.2) is 36.4 Å². The first-order chi connectivity index (χ1) is 11.4. The summed E-state index contributed by atoms with van der Waals surface area (Å²) >= 11 is 5.94. The summed E-state index contributed by atoms with van der Waals surface area (Å²) in [5.74, 6) is -0.476. The molecule has 3 nitrogen and oxygen atoms in total. The molecule has 2 rings (SSSR count). The summed E-state index contributed by atoms with van der Waals surface area (Å²) in [7, 11) is 0. The van der Waals surface area contributed by atoms with Gasteiger partial charge in [-0.25, -0.2) is 0 Å². The van der Waals surface area contributed by atoms with E-state index in [2.05, 4.69) is 52.9 Å². The Morgan fingerprint density at radius 3 is 1.92 bits per heavy atom. The van der Waals surface area contributed by atoms with Crippen LogP contribution in [0.3, 0.4) is 0 Å². The molecule has 2 aromatic rings. The monoisotopic (exact) mass is 359 g/mol. The van der Waals surface area contributed by atoms with Gasteiger partial charge in [0.05, 0.1) is 5.56 Å². The molecule has 2 N–H and O–H groups in total. The SMILES string of the molecule is CC(C)(C)c1cc(NC(=O)c2cc(Cl)ccc2O)cc(C(C)(C)C)c1. The van der Waals surface area contributed by atoms with Crippen LogP contribution in [0, 0.1) is 0 Å². The van der Waals surface area contributed by atoms with Crippen molar-refractivity contribution in [3.05, 3.63) is 58.1 Å². The zero-order valence-corrected chi connectivity index (χ0v) is 16.5. The molecule has 0 bridgehead atoms. The Labute approximate surface area is 155 Å². The molecule has 25 heavy (non-hydrogen) atoms. The molecule has 4 heteroatoms. The lowest BCUT2D eigenvalue weighted by molar-refractivity contribution is 0.102. The largest absolute Gasteiger partial charge is 0.507 e. The Hall–Kier alpha value is -2.00. The number of aromatic hydroxyl groups is 1. The van der Waals surface area contributed by atoms with E-state index in [0.717, 1.165) is 11.1 Å². The molecule has 0 aliphatic carbocycles. The van der Waals surface area contributed by atoms with Crippen molar-refractivity contribution in [1.29, 1.82) is 0 Å². The Kier molecular flexibility index (Phi) is 5.19. The van der Waals surface area contributed by atoms with E-state index in [1.165, 1.54) is 12.1 Å². The lowest BCUT2D eigenvalue weighted by Gasteiger charge is -2.26. The third-order valence-electron chi connectivity index (χ3n) is 4.13. The molecule has 0 fully saturated rings. The minimum absolute atomic E-state index is 0.0427. The molecular formula is C21H26ClNO2. The fourth-order valence-corrected chi connectivity index (χ4v) is 2.63. The normalized spacial score (nSPS) is 12.1. The maximum atomic E-state index is 12.6. The average molecular weight is 360 g/mol. The van der Waals surface area contributed by atoms with Crippen molar-refractivity contribution in [3.8, 4) is 5.75 Å². The molecule has 0 aliphatic heterocycles. The van der Waals surface area contributed by atoms with Crippen LogP contribution in [-0.2, 0) is 10.8 Å². The number of phenols is 1. The summed E-state index contributed by atoms with van der Waals surface area (Å²) in [4.78, 5) is 12.6. The van der Waals surface area contributed by atoms with E-state index in [-0.39, 0.29) is 28.1 Å². The number of phenolic OH excluding ortho intramolecular Hbond substituents is 1. The second-order valence-electron chi connectivity index (χ2n) is 8.41. The highest BCUT2D eigenvalue weighted by Gasteiger charge is 2.21. The van der Waals surface area contributed by atoms with Gasteiger partial charge in [0, 0.05) is 10.7 Å². The number of benzene rings is 2. The molecule has 0 aromatic heterocycles. The topological polar surface area (TPSA) is 49.3 Å². The molecule has 0 spiro atoms. The molecule has 134 valence electrons. The zero-order chi connectivity index (χ0) is 19.0. The van der Waals surface area contributed by atoms with Gasteiger partial charge in [0.1, 0.15) is 5.75 Å². The average Bonchev–Trinajstić information content (AvgIpc) is 2.47. The number of hydrogen-bond donors (Lipinski definition) is 2. The molecule has 0 radical (unpaired) electrons. The van der Waals surface area contributed by atoms with E-state index in [4.69, 9.17) is 11.6 Å². The highest BCUT2D eigenvalue weighted by Crippen LogP contribution is 2.32. The molecular weight excluding hydrogens is 334 g/mol. The summed E-state index contributed by atoms with van der Waals surface area (Å²) < 4.78 is 0. The van der Waals surface area contributed by atoms with E-state index >= 15 is 0 Å². The molecule has 1 amide bonds. The first kappa shape index (κ1) is 19.3. The third-order valence-corrected chi connectivity index (χ3v) is 4.36. The molecule has 0 saturated carbocycles. The van der Waals surface area contributed by atoms with Gasteiger partial charge < -0.3 is 10.4 Å². The summed E-state index contributed by atoms with van der Waals surface area (Å²) in [6.07, 6.45) is 0. The number of hydrogen-bond acceptors (Lipinski definition) is 2. The molecule has 0 atom stereocenters. The summed E-state index contributed by atoms with van der Waals surface area (Å²) in [5, 5.41) is 13.2. The van der Waals surface area contributed by atoms with Gasteiger partial charge >= 0.3 is 0 Å². The lowest BCUT2D eigenvalue weighted by Crippen LogP contribution is -2.19. The molecule has 0 heterocycles. The number of amides is 1. The Morgan fingerprint density at radius 2 is 1.44 bits per heavy atom. The van der Waals surface area contributed by atoms with Crippen LogP contribution in [-0.4, -0.2) is 11.0 Å². The van der Waals surface area contributed by atoms with Gasteiger partial charge in [0.2, 0.25) is 0 Å². The smallest absolute Gasteiger partial charge is 0.259 e. The van der Waals surface area contributed by atoms with Crippen molar-refractivity contribution in [2.45, 2.75) is 52.4 Å². The van der Waals surface area contributed by atoms with Crippen LogP contribution in [0.25, 0.3) is 0 Å². The van der Waals surface area contributed by atoms with Crippen LogP contribution in [0.5, 0.6) is 5.75 Å². The number of carbonyl (C=O) groups excluding carboxylic acids is 1. The molecule has 2 aromatic carbocycles. The minimum Gasteiger partial charge on any atom is -0.507 e. The predicted octanol–water partition coefficient (Wildman–Crippen LogP) is 5.89. The number of anilines is 1. The van der Waals surface area contributed by atoms with Gasteiger partial charge in [-0.1, -0.05) is 59.2 Å². The van der Waals surface area contributed by atoms with Crippen molar-refractivity contribution < 1.29 is 9.90 Å². The van der Waals surface area contributed by atoms with Crippen molar-refractivity contribution in [2.24, 2.45) is 0 Å². The third kappa shape index (κ3) is 4.76. The maximum Gasteiger partial charge on any atom is 0.259 e. The van der Waals surface area contributed by atoms with Gasteiger partial charge in [0.15, 0.2) is 0 Å². The Balaban J connectivity index is 2.45. The fraction of sp³-hybridized carbons (Fsp3) is 0.381. The van der Waals surface area contributed by atoms with Crippen LogP contribution >= 0.6 is 11.6 Å². The minimum atomic E-state index is -0.383. The highest BCUT2D eigenvalue weighted by molar-refractivity contribution is 6.31. The van der Waals surface area contributed by atoms with E-state index < -0.39 is 0 Å². The van der Waals surface area contributed by atoms with Crippen LogP contribution < -0.4 is 5.32 Å². The standard InChI is InChI=1S/C21H26ClNO2/c1-20(2,3)13-9-14(21(4,5)6)11-16(10-13)23-19(25)17-12-15(22)7-8-18(17)24/h7-12,24H,1-6H3,(H,23,25). The maximum absolute atomic E-state index is 12.6. The zero-order valence-electron chi connectivity index (χ0n) is 15.7. The molecule has 0 unspecified atom stereocenters. The highest BCUT2D eigenvalue weighted by atomic mass is 35.5. The van der Waals surface area contributed by atoms with E-state index in [9.17, 15) is 9.90 Å². The summed E-state index contributed by atoms with van der Waals surface area (Å²) in [5.41, 5.74) is 3.07. The number of carbonyl (C=O) groups is 1. The van der Waals surface area contributed by atoms with Gasteiger partial charge in [-0.3, -0.25) is 4.79 Å². The fourth-order valence-electron chi connectivity index (χ4n) is 2.45. The Morgan fingerprint density at radius 1 is 0.920 bits per heavy atom. The van der Waals surface area contributed by atoms with E-state index in [1.807, 2.05) is 12.1 Å². The van der Waals surface area contributed by atoms with E-state index in [1.54, 1.807) is 6.07 Å². The summed E-state index contributed by atoms with van der Waals surface area (Å²) in [6.45, 7) is 12.9. The number of nitrogens with one attached hydrogen (secondary N) is 1. The van der Waals surface area contributed by atoms with E-state index in [0.29, 0.717) is 10.7 Å².